The molecule has 34 heavy (non-hydrogen) atoms. The minimum atomic E-state index is -3.85. The molecular formula is C25H23FN4O3S. The van der Waals surface area contributed by atoms with Gasteiger partial charge in [-0.25, -0.2) is 17.8 Å². The highest BCUT2D eigenvalue weighted by molar-refractivity contribution is 7.92. The molecule has 0 spiro atoms. The lowest BCUT2D eigenvalue weighted by atomic mass is 10.1. The molecule has 0 radical (unpaired) electrons. The summed E-state index contributed by atoms with van der Waals surface area (Å²) in [5.74, 6) is -0.244. The summed E-state index contributed by atoms with van der Waals surface area (Å²) < 4.78 is 43.5. The lowest BCUT2D eigenvalue weighted by molar-refractivity contribution is 0.0950. The summed E-state index contributed by atoms with van der Waals surface area (Å²) in [7, 11) is -2.40. The Morgan fingerprint density at radius 2 is 1.82 bits per heavy atom. The lowest BCUT2D eigenvalue weighted by Gasteiger charge is -2.19. The van der Waals surface area contributed by atoms with E-state index < -0.39 is 21.7 Å². The molecule has 0 bridgehead atoms. The zero-order valence-corrected chi connectivity index (χ0v) is 19.5. The third-order valence-corrected chi connectivity index (χ3v) is 7.21. The number of aryl methyl sites for hydroxylation is 1. The normalized spacial score (nSPS) is 11.3. The maximum Gasteiger partial charge on any atom is 0.264 e. The van der Waals surface area contributed by atoms with E-state index >= 15 is 0 Å². The number of hydrogen-bond donors (Lipinski definition) is 1. The van der Waals surface area contributed by atoms with Crippen LogP contribution in [0, 0.1) is 12.7 Å². The van der Waals surface area contributed by atoms with Gasteiger partial charge in [0.2, 0.25) is 0 Å². The third-order valence-electron chi connectivity index (χ3n) is 5.42. The fourth-order valence-electron chi connectivity index (χ4n) is 3.51. The van der Waals surface area contributed by atoms with Crippen LogP contribution in [-0.4, -0.2) is 30.9 Å². The first-order valence-corrected chi connectivity index (χ1v) is 11.9. The van der Waals surface area contributed by atoms with Gasteiger partial charge in [-0.1, -0.05) is 30.3 Å². The van der Waals surface area contributed by atoms with Gasteiger partial charge in [-0.3, -0.25) is 9.10 Å². The Hall–Kier alpha value is -3.98. The number of carbonyl (C=O) groups is 1. The van der Waals surface area contributed by atoms with Crippen molar-refractivity contribution in [2.24, 2.45) is 0 Å². The summed E-state index contributed by atoms with van der Waals surface area (Å²) in [4.78, 5) is 16.8. The van der Waals surface area contributed by atoms with Crippen LogP contribution in [0.1, 0.15) is 21.7 Å². The number of sulfonamides is 1. The molecule has 174 valence electrons. The summed E-state index contributed by atoms with van der Waals surface area (Å²) in [6, 6.07) is 19.2. The summed E-state index contributed by atoms with van der Waals surface area (Å²) in [5, 5.41) is 2.71. The van der Waals surface area contributed by atoms with E-state index in [1.54, 1.807) is 66.3 Å². The number of rotatable bonds is 7. The highest BCUT2D eigenvalue weighted by Gasteiger charge is 2.22. The SMILES string of the molecule is Cc1nccn1-c1ccc(CNC(=O)c2cccc(S(=O)(=O)N(C)c3ccccc3)c2)cc1F. The molecule has 0 atom stereocenters. The summed E-state index contributed by atoms with van der Waals surface area (Å²) >= 11 is 0. The van der Waals surface area contributed by atoms with Crippen LogP contribution in [0.2, 0.25) is 0 Å². The Balaban J connectivity index is 1.48. The second-order valence-corrected chi connectivity index (χ2v) is 9.62. The van der Waals surface area contributed by atoms with Gasteiger partial charge in [-0.05, 0) is 55.0 Å². The Morgan fingerprint density at radius 3 is 2.50 bits per heavy atom. The quantitative estimate of drug-likeness (QED) is 0.434. The van der Waals surface area contributed by atoms with Crippen molar-refractivity contribution in [3.05, 3.63) is 108 Å². The minimum Gasteiger partial charge on any atom is -0.348 e. The number of hydrogen-bond acceptors (Lipinski definition) is 4. The molecule has 0 fully saturated rings. The smallest absolute Gasteiger partial charge is 0.264 e. The highest BCUT2D eigenvalue weighted by Crippen LogP contribution is 2.22. The Morgan fingerprint density at radius 1 is 1.06 bits per heavy atom. The van der Waals surface area contributed by atoms with E-state index in [2.05, 4.69) is 10.3 Å². The molecule has 1 N–H and O–H groups in total. The molecule has 1 amide bonds. The van der Waals surface area contributed by atoms with E-state index in [1.807, 2.05) is 0 Å². The van der Waals surface area contributed by atoms with Crippen molar-refractivity contribution in [3.63, 3.8) is 0 Å². The third kappa shape index (κ3) is 4.69. The van der Waals surface area contributed by atoms with E-state index in [0.717, 1.165) is 4.31 Å². The van der Waals surface area contributed by atoms with Crippen molar-refractivity contribution < 1.29 is 17.6 Å². The number of amides is 1. The first-order valence-electron chi connectivity index (χ1n) is 10.5. The monoisotopic (exact) mass is 478 g/mol. The molecule has 1 heterocycles. The molecule has 0 aliphatic rings. The van der Waals surface area contributed by atoms with Crippen molar-refractivity contribution in [3.8, 4) is 5.69 Å². The fourth-order valence-corrected chi connectivity index (χ4v) is 4.75. The molecule has 0 aliphatic heterocycles. The number of carbonyl (C=O) groups excluding carboxylic acids is 1. The number of anilines is 1. The molecule has 3 aromatic carbocycles. The van der Waals surface area contributed by atoms with Crippen molar-refractivity contribution >= 4 is 21.6 Å². The number of nitrogens with one attached hydrogen (secondary N) is 1. The van der Waals surface area contributed by atoms with Crippen molar-refractivity contribution in [1.82, 2.24) is 14.9 Å². The standard InChI is InChI=1S/C25H23FN4O3S/c1-18-27-13-14-30(18)24-12-11-19(15-23(24)26)17-28-25(31)20-7-6-10-22(16-20)34(32,33)29(2)21-8-4-3-5-9-21/h3-16H,17H2,1-2H3,(H,28,31). The molecular weight excluding hydrogens is 455 g/mol. The van der Waals surface area contributed by atoms with Gasteiger partial charge in [0, 0.05) is 31.5 Å². The summed E-state index contributed by atoms with van der Waals surface area (Å²) in [5.41, 5.74) is 1.63. The average Bonchev–Trinajstić information content (AvgIpc) is 3.28. The average molecular weight is 479 g/mol. The molecule has 4 rings (SSSR count). The number of nitrogens with zero attached hydrogens (tertiary/aromatic N) is 3. The van der Waals surface area contributed by atoms with Gasteiger partial charge >= 0.3 is 0 Å². The predicted molar refractivity (Wildman–Crippen MR) is 128 cm³/mol. The highest BCUT2D eigenvalue weighted by atomic mass is 32.2. The molecule has 0 aliphatic carbocycles. The Kier molecular flexibility index (Phi) is 6.47. The molecule has 7 nitrogen and oxygen atoms in total. The second kappa shape index (κ2) is 9.48. The minimum absolute atomic E-state index is 0.00222. The second-order valence-electron chi connectivity index (χ2n) is 7.65. The van der Waals surface area contributed by atoms with Crippen molar-refractivity contribution in [2.75, 3.05) is 11.4 Å². The number of halogens is 1. The predicted octanol–water partition coefficient (Wildman–Crippen LogP) is 4.07. The van der Waals surface area contributed by atoms with Gasteiger partial charge in [0.25, 0.3) is 15.9 Å². The van der Waals surface area contributed by atoms with Gasteiger partial charge in [0.05, 0.1) is 16.3 Å². The molecule has 0 unspecified atom stereocenters. The maximum absolute atomic E-state index is 14.6. The molecule has 1 aromatic heterocycles. The van der Waals surface area contributed by atoms with E-state index in [4.69, 9.17) is 0 Å². The van der Waals surface area contributed by atoms with Crippen LogP contribution < -0.4 is 9.62 Å². The largest absolute Gasteiger partial charge is 0.348 e. The van der Waals surface area contributed by atoms with Crippen LogP contribution in [-0.2, 0) is 16.6 Å². The number of benzene rings is 3. The van der Waals surface area contributed by atoms with Crippen LogP contribution in [0.5, 0.6) is 0 Å². The summed E-state index contributed by atoms with van der Waals surface area (Å²) in [6.07, 6.45) is 3.26. The van der Waals surface area contributed by atoms with Crippen molar-refractivity contribution in [1.29, 1.82) is 0 Å². The van der Waals surface area contributed by atoms with Crippen LogP contribution >= 0.6 is 0 Å². The zero-order chi connectivity index (χ0) is 24.3. The van der Waals surface area contributed by atoms with E-state index in [9.17, 15) is 17.6 Å². The number of imidazole rings is 1. The van der Waals surface area contributed by atoms with E-state index in [-0.39, 0.29) is 17.0 Å². The zero-order valence-electron chi connectivity index (χ0n) is 18.6. The molecule has 0 saturated carbocycles. The Bertz CT molecular complexity index is 1440. The van der Waals surface area contributed by atoms with Crippen LogP contribution in [0.3, 0.4) is 0 Å². The van der Waals surface area contributed by atoms with Crippen molar-refractivity contribution in [2.45, 2.75) is 18.4 Å². The van der Waals surface area contributed by atoms with Gasteiger partial charge in [0.15, 0.2) is 0 Å². The summed E-state index contributed by atoms with van der Waals surface area (Å²) in [6.45, 7) is 1.86. The van der Waals surface area contributed by atoms with Crippen LogP contribution in [0.15, 0.2) is 90.1 Å². The number of para-hydroxylation sites is 1. The Labute approximate surface area is 197 Å². The fraction of sp³-hybridized carbons (Fsp3) is 0.120. The topological polar surface area (TPSA) is 84.3 Å². The van der Waals surface area contributed by atoms with Crippen LogP contribution in [0.4, 0.5) is 10.1 Å². The molecule has 9 heteroatoms. The first kappa shape index (κ1) is 23.2. The number of aromatic nitrogens is 2. The van der Waals surface area contributed by atoms with Gasteiger partial charge in [-0.15, -0.1) is 0 Å². The van der Waals surface area contributed by atoms with E-state index in [0.29, 0.717) is 22.8 Å². The molecule has 4 aromatic rings. The van der Waals surface area contributed by atoms with Gasteiger partial charge in [0.1, 0.15) is 11.6 Å². The maximum atomic E-state index is 14.6. The van der Waals surface area contributed by atoms with Gasteiger partial charge in [-0.2, -0.15) is 0 Å². The van der Waals surface area contributed by atoms with Gasteiger partial charge < -0.3 is 9.88 Å². The van der Waals surface area contributed by atoms with Crippen LogP contribution in [0.25, 0.3) is 5.69 Å². The molecule has 0 saturated heterocycles. The first-order chi connectivity index (χ1) is 16.3. The lowest BCUT2D eigenvalue weighted by Crippen LogP contribution is -2.27. The van der Waals surface area contributed by atoms with E-state index in [1.165, 1.54) is 37.4 Å².